The first-order chi connectivity index (χ1) is 32.4. The minimum atomic E-state index is -0.795. The molecule has 0 unspecified atom stereocenters. The molecule has 3 aromatic carbocycles. The highest BCUT2D eigenvalue weighted by Crippen LogP contribution is 2.44. The number of nitrogens with one attached hydrogen (secondary N) is 4. The normalized spacial score (nSPS) is 19.1. The Labute approximate surface area is 398 Å². The van der Waals surface area contributed by atoms with Crippen LogP contribution in [-0.2, 0) is 37.0 Å². The van der Waals surface area contributed by atoms with Gasteiger partial charge in [0, 0.05) is 41.7 Å². The molecular weight excluding hydrogens is 865 g/mol. The molecule has 0 saturated carbocycles. The zero-order valence-electron chi connectivity index (χ0n) is 41.2. The summed E-state index contributed by atoms with van der Waals surface area (Å²) >= 11 is 0. The zero-order chi connectivity index (χ0) is 48.7. The van der Waals surface area contributed by atoms with Gasteiger partial charge in [-0.3, -0.25) is 9.59 Å². The number of H-pyrrole nitrogens is 2. The summed E-state index contributed by atoms with van der Waals surface area (Å²) in [5, 5.41) is 7.66. The molecule has 5 aromatic rings. The number of carbonyl (C=O) groups is 4. The molecule has 2 aromatic heterocycles. The van der Waals surface area contributed by atoms with Crippen molar-refractivity contribution < 1.29 is 38.1 Å². The molecule has 5 atom stereocenters. The van der Waals surface area contributed by atoms with Gasteiger partial charge in [-0.05, 0) is 119 Å². The average molecular weight is 933 g/mol. The third-order valence-corrected chi connectivity index (χ3v) is 14.0. The van der Waals surface area contributed by atoms with Gasteiger partial charge in [-0.2, -0.15) is 0 Å². The number of benzene rings is 3. The number of alkyl carbamates (subject to hydrolysis) is 2. The van der Waals surface area contributed by atoms with Gasteiger partial charge in [0.2, 0.25) is 11.8 Å². The molecule has 2 fully saturated rings. The lowest BCUT2D eigenvalue weighted by Gasteiger charge is -2.43. The fourth-order valence-corrected chi connectivity index (χ4v) is 10.2. The number of hydrogen-bond donors (Lipinski definition) is 4. The SMILES string of the molecule is CCC[C@H](C)N(Cc1nc2c(ccc3cc4c(cc32)OCc2cc(-c3cnc([C@@H]5CC[C@H](C)N5C(=O)[C@@H](NC(=O)OC(C)(C)C)C5(C)CCOCC5)[nH]3)ccc2-4)[nH]1)C(=O)[C@@H](NC(=O)OC)C(C)C. The Hall–Kier alpha value is -6.16. The van der Waals surface area contributed by atoms with Gasteiger partial charge in [0.25, 0.3) is 0 Å². The molecule has 3 aliphatic heterocycles. The monoisotopic (exact) mass is 933 g/mol. The molecule has 4 N–H and O–H groups in total. The van der Waals surface area contributed by atoms with Crippen LogP contribution in [0.25, 0.3) is 44.2 Å². The van der Waals surface area contributed by atoms with Crippen LogP contribution in [0, 0.1) is 11.3 Å². The summed E-state index contributed by atoms with van der Waals surface area (Å²) in [6, 6.07) is 12.6. The number of aromatic nitrogens is 4. The molecule has 0 aliphatic carbocycles. The average Bonchev–Trinajstić information content (AvgIpc) is 4.06. The van der Waals surface area contributed by atoms with E-state index in [1.807, 2.05) is 58.7 Å². The van der Waals surface area contributed by atoms with E-state index < -0.39 is 35.3 Å². The molecular formula is C52H68N8O8. The van der Waals surface area contributed by atoms with Gasteiger partial charge in [-0.25, -0.2) is 19.6 Å². The quantitative estimate of drug-likeness (QED) is 0.0884. The second-order valence-electron chi connectivity index (χ2n) is 20.6. The van der Waals surface area contributed by atoms with Crippen LogP contribution in [0.2, 0.25) is 0 Å². The first kappa shape index (κ1) is 48.3. The smallest absolute Gasteiger partial charge is 0.408 e. The Balaban J connectivity index is 1.03. The fraction of sp³-hybridized carbons (Fsp3) is 0.538. The van der Waals surface area contributed by atoms with Gasteiger partial charge in [-0.15, -0.1) is 0 Å². The van der Waals surface area contributed by atoms with Crippen molar-refractivity contribution in [3.05, 3.63) is 65.9 Å². The summed E-state index contributed by atoms with van der Waals surface area (Å²) in [7, 11) is 1.29. The fourth-order valence-electron chi connectivity index (χ4n) is 10.2. The lowest BCUT2D eigenvalue weighted by Crippen LogP contribution is -2.59. The van der Waals surface area contributed by atoms with Crippen molar-refractivity contribution in [2.24, 2.45) is 11.3 Å². The van der Waals surface area contributed by atoms with E-state index in [4.69, 9.17) is 28.9 Å². The molecule has 16 heteroatoms. The maximum atomic E-state index is 14.7. The van der Waals surface area contributed by atoms with Gasteiger partial charge in [0.05, 0.1) is 42.6 Å². The molecule has 0 bridgehead atoms. The van der Waals surface area contributed by atoms with E-state index in [0.29, 0.717) is 44.3 Å². The van der Waals surface area contributed by atoms with Crippen LogP contribution in [0.5, 0.6) is 5.75 Å². The van der Waals surface area contributed by atoms with Crippen molar-refractivity contribution in [2.75, 3.05) is 20.3 Å². The van der Waals surface area contributed by atoms with Crippen molar-refractivity contribution in [1.82, 2.24) is 40.4 Å². The number of fused-ring (bicyclic) bond motifs is 6. The molecule has 68 heavy (non-hydrogen) atoms. The number of amides is 4. The Bertz CT molecular complexity index is 2680. The first-order valence-corrected chi connectivity index (χ1v) is 24.2. The Morgan fingerprint density at radius 2 is 1.75 bits per heavy atom. The predicted octanol–water partition coefficient (Wildman–Crippen LogP) is 9.33. The van der Waals surface area contributed by atoms with Crippen molar-refractivity contribution in [3.8, 4) is 28.1 Å². The number of hydrogen-bond acceptors (Lipinski definition) is 10. The van der Waals surface area contributed by atoms with Crippen LogP contribution in [-0.4, -0.2) is 104 Å². The van der Waals surface area contributed by atoms with Crippen LogP contribution < -0.4 is 15.4 Å². The van der Waals surface area contributed by atoms with Crippen LogP contribution in [0.1, 0.15) is 124 Å². The maximum Gasteiger partial charge on any atom is 0.408 e. The highest BCUT2D eigenvalue weighted by Gasteiger charge is 2.48. The largest absolute Gasteiger partial charge is 0.488 e. The van der Waals surface area contributed by atoms with Crippen molar-refractivity contribution >= 4 is 45.8 Å². The number of methoxy groups -OCH3 is 1. The van der Waals surface area contributed by atoms with Gasteiger partial charge >= 0.3 is 12.2 Å². The zero-order valence-corrected chi connectivity index (χ0v) is 41.2. The standard InChI is InChI=1S/C52H68N8O8/c1-11-12-30(4)59(47(61)43(29(2)3)57-49(63)65-10)27-42-54-38-17-15-32-24-37-35-16-14-33(23-34(35)28-67-41(37)25-36(32)44(38)56-42)39-26-53-46(55-39)40-18-13-31(5)60(40)48(62)45(52(9)19-21-66-22-20-52)58-50(64)68-51(6,7)8/h14-17,23-26,29-31,40,43,45H,11-13,18-22,27-28H2,1-10H3,(H,53,55)(H,54,56)(H,57,63)(H,58,64)/t30-,31-,40-,43-,45+/m0/s1. The molecule has 0 spiro atoms. The third kappa shape index (κ3) is 9.88. The molecule has 8 rings (SSSR count). The number of aromatic amines is 2. The molecule has 2 saturated heterocycles. The third-order valence-electron chi connectivity index (χ3n) is 14.0. The van der Waals surface area contributed by atoms with Crippen LogP contribution >= 0.6 is 0 Å². The Kier molecular flexibility index (Phi) is 13.8. The highest BCUT2D eigenvalue weighted by molar-refractivity contribution is 6.07. The number of likely N-dealkylation sites (tertiary alicyclic amines) is 1. The number of carbonyl (C=O) groups excluding carboxylic acids is 4. The van der Waals surface area contributed by atoms with E-state index >= 15 is 0 Å². The van der Waals surface area contributed by atoms with Gasteiger partial charge in [-0.1, -0.05) is 52.3 Å². The second kappa shape index (κ2) is 19.4. The van der Waals surface area contributed by atoms with Crippen LogP contribution in [0.15, 0.2) is 48.7 Å². The first-order valence-electron chi connectivity index (χ1n) is 24.2. The molecule has 364 valence electrons. The molecule has 16 nitrogen and oxygen atoms in total. The van der Waals surface area contributed by atoms with E-state index in [1.54, 1.807) is 4.90 Å². The minimum absolute atomic E-state index is 0.0584. The highest BCUT2D eigenvalue weighted by atomic mass is 16.6. The van der Waals surface area contributed by atoms with Crippen LogP contribution in [0.3, 0.4) is 0 Å². The topological polar surface area (TPSA) is 193 Å². The Morgan fingerprint density at radius 3 is 2.46 bits per heavy atom. The summed E-state index contributed by atoms with van der Waals surface area (Å²) in [6.07, 6.45) is 5.07. The second-order valence-corrected chi connectivity index (χ2v) is 20.6. The van der Waals surface area contributed by atoms with Crippen molar-refractivity contribution in [2.45, 2.75) is 150 Å². The van der Waals surface area contributed by atoms with E-state index in [0.717, 1.165) is 81.2 Å². The lowest BCUT2D eigenvalue weighted by atomic mass is 9.75. The van der Waals surface area contributed by atoms with Gasteiger partial charge in [0.1, 0.15) is 41.7 Å². The molecule has 0 radical (unpaired) electrons. The maximum absolute atomic E-state index is 14.7. The predicted molar refractivity (Wildman–Crippen MR) is 260 cm³/mol. The molecule has 4 amide bonds. The van der Waals surface area contributed by atoms with E-state index in [9.17, 15) is 19.2 Å². The molecule has 3 aliphatic rings. The summed E-state index contributed by atoms with van der Waals surface area (Å²) in [6.45, 7) is 19.1. The lowest BCUT2D eigenvalue weighted by molar-refractivity contribution is -0.142. The summed E-state index contributed by atoms with van der Waals surface area (Å²) in [5.74, 6) is 1.63. The van der Waals surface area contributed by atoms with Crippen molar-refractivity contribution in [1.29, 1.82) is 0 Å². The summed E-state index contributed by atoms with van der Waals surface area (Å²) in [5.41, 5.74) is 5.28. The minimum Gasteiger partial charge on any atom is -0.488 e. The van der Waals surface area contributed by atoms with E-state index in [2.05, 4.69) is 77.8 Å². The number of imidazole rings is 2. The summed E-state index contributed by atoms with van der Waals surface area (Å²) < 4.78 is 22.6. The number of rotatable bonds is 13. The van der Waals surface area contributed by atoms with E-state index in [-0.39, 0.29) is 42.4 Å². The number of nitrogens with zero attached hydrogens (tertiary/aromatic N) is 4. The van der Waals surface area contributed by atoms with Crippen LogP contribution in [0.4, 0.5) is 9.59 Å². The molecule has 5 heterocycles. The van der Waals surface area contributed by atoms with Crippen molar-refractivity contribution in [3.63, 3.8) is 0 Å². The van der Waals surface area contributed by atoms with E-state index in [1.165, 1.54) is 7.11 Å². The van der Waals surface area contributed by atoms with Gasteiger partial charge < -0.3 is 49.3 Å². The Morgan fingerprint density at radius 1 is 0.985 bits per heavy atom. The summed E-state index contributed by atoms with van der Waals surface area (Å²) in [4.78, 5) is 74.8. The van der Waals surface area contributed by atoms with Gasteiger partial charge in [0.15, 0.2) is 0 Å². The number of ether oxygens (including phenoxy) is 4.